The van der Waals surface area contributed by atoms with Gasteiger partial charge in [-0.25, -0.2) is 0 Å². The molecule has 1 radical (unpaired) electrons. The van der Waals surface area contributed by atoms with E-state index in [1.54, 1.807) is 27.7 Å². The number of carbonyl (C=O) groups is 3. The summed E-state index contributed by atoms with van der Waals surface area (Å²) in [6, 6.07) is 0. The summed E-state index contributed by atoms with van der Waals surface area (Å²) in [6.07, 6.45) is 14.6. The number of carboxylic acid groups (broad SMARTS) is 3. The van der Waals surface area contributed by atoms with E-state index in [0.29, 0.717) is 12.8 Å². The fourth-order valence-electron chi connectivity index (χ4n) is 3.47. The van der Waals surface area contributed by atoms with Gasteiger partial charge in [-0.2, -0.15) is 0 Å². The van der Waals surface area contributed by atoms with Crippen molar-refractivity contribution in [1.82, 2.24) is 0 Å². The van der Waals surface area contributed by atoms with Gasteiger partial charge in [0.05, 0.1) is 0 Å². The molecule has 37 heavy (non-hydrogen) atoms. The molecule has 6 nitrogen and oxygen atoms in total. The average Bonchev–Trinajstić information content (AvgIpc) is 2.82. The molecule has 0 amide bonds. The van der Waals surface area contributed by atoms with E-state index in [1.807, 2.05) is 13.8 Å². The van der Waals surface area contributed by atoms with Crippen molar-refractivity contribution in [2.75, 3.05) is 0 Å². The standard InChI is InChI=1S/3C10H20O2.Gd/c1-4-5-6-7-8-10(2,3)9(11)12;2*1-4-6-7-8-10(3,5-2)9(11)12;/h3*4-8H2,1-3H3,(H,11,12);/q;;;+3/p-3. The SMILES string of the molecule is CCCCCC(C)(CC)C(=O)[O-].CCCCCC(C)(CC)C(=O)[O-].CCCCCCC(C)(C)C(=O)[O-].[Gd+3]. The molecule has 0 fully saturated rings. The second kappa shape index (κ2) is 24.8. The summed E-state index contributed by atoms with van der Waals surface area (Å²) < 4.78 is 0. The van der Waals surface area contributed by atoms with Crippen LogP contribution in [0, 0.1) is 56.2 Å². The molecule has 0 aliphatic heterocycles. The average molecular weight is 671 g/mol. The maximum atomic E-state index is 10.7. The van der Waals surface area contributed by atoms with Crippen LogP contribution in [0.1, 0.15) is 159 Å². The van der Waals surface area contributed by atoms with Crippen LogP contribution in [0.2, 0.25) is 0 Å². The van der Waals surface area contributed by atoms with Crippen LogP contribution >= 0.6 is 0 Å². The third kappa shape index (κ3) is 22.3. The van der Waals surface area contributed by atoms with E-state index in [9.17, 15) is 29.7 Å². The van der Waals surface area contributed by atoms with Crippen molar-refractivity contribution in [3.63, 3.8) is 0 Å². The number of carbonyl (C=O) groups excluding carboxylic acids is 3. The zero-order valence-corrected chi connectivity index (χ0v) is 27.7. The molecule has 0 aromatic heterocycles. The van der Waals surface area contributed by atoms with Crippen molar-refractivity contribution in [3.05, 3.63) is 0 Å². The Morgan fingerprint density at radius 2 is 0.784 bits per heavy atom. The molecule has 0 saturated heterocycles. The van der Waals surface area contributed by atoms with Crippen molar-refractivity contribution in [1.29, 1.82) is 0 Å². The van der Waals surface area contributed by atoms with Crippen LogP contribution in [0.5, 0.6) is 0 Å². The van der Waals surface area contributed by atoms with Gasteiger partial charge in [0.15, 0.2) is 0 Å². The molecule has 221 valence electrons. The molecule has 0 aromatic carbocycles. The summed E-state index contributed by atoms with van der Waals surface area (Å²) in [7, 11) is 0. The Balaban J connectivity index is -0.000000218. The molecule has 0 aromatic rings. The Morgan fingerprint density at radius 3 is 1.03 bits per heavy atom. The first kappa shape index (κ1) is 43.8. The Bertz CT molecular complexity index is 559. The van der Waals surface area contributed by atoms with E-state index in [1.165, 1.54) is 12.8 Å². The second-order valence-electron chi connectivity index (χ2n) is 11.3. The van der Waals surface area contributed by atoms with Crippen LogP contribution < -0.4 is 15.3 Å². The second-order valence-corrected chi connectivity index (χ2v) is 11.3. The van der Waals surface area contributed by atoms with Gasteiger partial charge in [0, 0.05) is 34.2 Å². The van der Waals surface area contributed by atoms with Crippen LogP contribution in [0.4, 0.5) is 0 Å². The molecule has 0 saturated carbocycles. The summed E-state index contributed by atoms with van der Waals surface area (Å²) >= 11 is 0. The van der Waals surface area contributed by atoms with Gasteiger partial charge in [0.25, 0.3) is 0 Å². The Morgan fingerprint density at radius 1 is 0.486 bits per heavy atom. The topological polar surface area (TPSA) is 120 Å². The molecule has 0 aliphatic carbocycles. The first-order chi connectivity index (χ1) is 16.6. The molecule has 7 heteroatoms. The van der Waals surface area contributed by atoms with Gasteiger partial charge in [-0.3, -0.25) is 0 Å². The van der Waals surface area contributed by atoms with Crippen molar-refractivity contribution < 1.29 is 69.6 Å². The summed E-state index contributed by atoms with van der Waals surface area (Å²) in [6.45, 7) is 17.2. The molecule has 2 atom stereocenters. The molecule has 0 aliphatic rings. The predicted octanol–water partition coefficient (Wildman–Crippen LogP) is 5.20. The summed E-state index contributed by atoms with van der Waals surface area (Å²) in [5.74, 6) is -2.73. The largest absolute Gasteiger partial charge is 3.00 e. The number of rotatable bonds is 18. The maximum absolute atomic E-state index is 10.7. The number of aliphatic carboxylic acids is 3. The van der Waals surface area contributed by atoms with Crippen LogP contribution in [0.15, 0.2) is 0 Å². The molecular weight excluding hydrogens is 614 g/mol. The van der Waals surface area contributed by atoms with Gasteiger partial charge in [0.2, 0.25) is 0 Å². The number of hydrogen-bond donors (Lipinski definition) is 0. The van der Waals surface area contributed by atoms with Crippen LogP contribution in [0.25, 0.3) is 0 Å². The summed E-state index contributed by atoms with van der Waals surface area (Å²) in [4.78, 5) is 32.0. The molecule has 0 bridgehead atoms. The zero-order valence-electron chi connectivity index (χ0n) is 25.4. The first-order valence-electron chi connectivity index (χ1n) is 14.3. The maximum Gasteiger partial charge on any atom is 3.00 e. The Hall–Kier alpha value is -0.265. The number of hydrogen-bond acceptors (Lipinski definition) is 6. The smallest absolute Gasteiger partial charge is 0.550 e. The quantitative estimate of drug-likeness (QED) is 0.185. The van der Waals surface area contributed by atoms with Gasteiger partial charge in [-0.15, -0.1) is 0 Å². The third-order valence-corrected chi connectivity index (χ3v) is 7.42. The van der Waals surface area contributed by atoms with Gasteiger partial charge in [-0.1, -0.05) is 127 Å². The Kier molecular flexibility index (Phi) is 29.3. The van der Waals surface area contributed by atoms with Gasteiger partial charge in [-0.05, 0) is 32.1 Å². The molecule has 0 rings (SSSR count). The molecule has 0 spiro atoms. The number of carboxylic acids is 3. The van der Waals surface area contributed by atoms with Gasteiger partial charge in [0.1, 0.15) is 0 Å². The predicted molar refractivity (Wildman–Crippen MR) is 143 cm³/mol. The van der Waals surface area contributed by atoms with Gasteiger partial charge >= 0.3 is 39.9 Å². The molecule has 0 N–H and O–H groups in total. The van der Waals surface area contributed by atoms with E-state index >= 15 is 0 Å². The van der Waals surface area contributed by atoms with E-state index in [0.717, 1.165) is 70.6 Å². The number of unbranched alkanes of at least 4 members (excludes halogenated alkanes) is 7. The zero-order chi connectivity index (χ0) is 28.8. The molecule has 2 unspecified atom stereocenters. The fraction of sp³-hybridized carbons (Fsp3) is 0.900. The molecular formula is C30H57GdO6. The van der Waals surface area contributed by atoms with Gasteiger partial charge < -0.3 is 29.7 Å². The molecule has 0 heterocycles. The summed E-state index contributed by atoms with van der Waals surface area (Å²) in [5, 5.41) is 32.0. The first-order valence-corrected chi connectivity index (χ1v) is 14.3. The Labute approximate surface area is 260 Å². The third-order valence-electron chi connectivity index (χ3n) is 7.42. The minimum Gasteiger partial charge on any atom is -0.550 e. The van der Waals surface area contributed by atoms with E-state index in [2.05, 4.69) is 20.8 Å². The van der Waals surface area contributed by atoms with Crippen molar-refractivity contribution in [2.45, 2.75) is 159 Å². The van der Waals surface area contributed by atoms with Crippen molar-refractivity contribution >= 4 is 17.9 Å². The van der Waals surface area contributed by atoms with Crippen LogP contribution in [-0.2, 0) is 14.4 Å². The summed E-state index contributed by atoms with van der Waals surface area (Å²) in [5.41, 5.74) is -1.85. The minimum atomic E-state index is -0.931. The van der Waals surface area contributed by atoms with E-state index in [-0.39, 0.29) is 39.9 Å². The van der Waals surface area contributed by atoms with Crippen molar-refractivity contribution in [2.24, 2.45) is 16.2 Å². The van der Waals surface area contributed by atoms with Crippen LogP contribution in [0.3, 0.4) is 0 Å². The van der Waals surface area contributed by atoms with Crippen LogP contribution in [-0.4, -0.2) is 17.9 Å². The van der Waals surface area contributed by atoms with E-state index in [4.69, 9.17) is 0 Å². The minimum absolute atomic E-state index is 0. The monoisotopic (exact) mass is 671 g/mol. The van der Waals surface area contributed by atoms with E-state index < -0.39 is 34.2 Å². The normalized spacial score (nSPS) is 13.9. The fourth-order valence-corrected chi connectivity index (χ4v) is 3.47. The van der Waals surface area contributed by atoms with Crippen molar-refractivity contribution in [3.8, 4) is 0 Å².